The summed E-state index contributed by atoms with van der Waals surface area (Å²) in [5, 5.41) is 17.6. The van der Waals surface area contributed by atoms with Crippen LogP contribution < -0.4 is 5.32 Å². The molecule has 1 aromatic heterocycles. The monoisotopic (exact) mass is 299 g/mol. The largest absolute Gasteiger partial charge is 0.394 e. The van der Waals surface area contributed by atoms with Crippen molar-refractivity contribution in [1.29, 1.82) is 0 Å². The molecule has 4 nitrogen and oxygen atoms in total. The van der Waals surface area contributed by atoms with Crippen molar-refractivity contribution in [3.8, 4) is 0 Å². The van der Waals surface area contributed by atoms with Crippen LogP contribution in [-0.2, 0) is 0 Å². The highest BCUT2D eigenvalue weighted by atomic mass is 79.9. The Morgan fingerprint density at radius 1 is 1.53 bits per heavy atom. The third-order valence-corrected chi connectivity index (χ3v) is 4.33. The molecule has 2 aliphatic carbocycles. The van der Waals surface area contributed by atoms with Crippen LogP contribution >= 0.6 is 15.9 Å². The van der Waals surface area contributed by atoms with E-state index in [0.29, 0.717) is 12.1 Å². The van der Waals surface area contributed by atoms with Crippen LogP contribution in [0.4, 0.5) is 0 Å². The minimum absolute atomic E-state index is 0.0652. The summed E-state index contributed by atoms with van der Waals surface area (Å²) >= 11 is 3.43. The highest BCUT2D eigenvalue weighted by Gasteiger charge is 2.42. The van der Waals surface area contributed by atoms with Gasteiger partial charge in [-0.25, -0.2) is 0 Å². The van der Waals surface area contributed by atoms with Gasteiger partial charge in [0.05, 0.1) is 23.3 Å². The fourth-order valence-electron chi connectivity index (χ4n) is 2.82. The number of rotatable bonds is 4. The summed E-state index contributed by atoms with van der Waals surface area (Å²) in [6.07, 6.45) is 9.49. The van der Waals surface area contributed by atoms with Crippen LogP contribution in [0.2, 0.25) is 0 Å². The molecule has 94 valence electrons. The Morgan fingerprint density at radius 3 is 2.94 bits per heavy atom. The Bertz CT molecular complexity index is 404. The first kappa shape index (κ1) is 11.7. The van der Waals surface area contributed by atoms with Gasteiger partial charge >= 0.3 is 0 Å². The van der Waals surface area contributed by atoms with Crippen molar-refractivity contribution in [2.75, 3.05) is 6.61 Å². The average molecular weight is 300 g/mol. The molecule has 0 saturated heterocycles. The molecule has 2 N–H and O–H groups in total. The quantitative estimate of drug-likeness (QED) is 0.892. The van der Waals surface area contributed by atoms with E-state index in [9.17, 15) is 5.11 Å². The second-order valence-corrected chi connectivity index (χ2v) is 6.31. The van der Waals surface area contributed by atoms with E-state index >= 15 is 0 Å². The lowest BCUT2D eigenvalue weighted by Gasteiger charge is -2.28. The summed E-state index contributed by atoms with van der Waals surface area (Å²) in [5.41, 5.74) is -0.0652. The van der Waals surface area contributed by atoms with Gasteiger partial charge in [0.15, 0.2) is 0 Å². The number of nitrogens with zero attached hydrogens (tertiary/aromatic N) is 2. The lowest BCUT2D eigenvalue weighted by molar-refractivity contribution is 0.158. The molecule has 0 amide bonds. The maximum atomic E-state index is 9.66. The van der Waals surface area contributed by atoms with Crippen LogP contribution in [0, 0.1) is 0 Å². The van der Waals surface area contributed by atoms with Gasteiger partial charge in [-0.2, -0.15) is 5.10 Å². The third-order valence-electron chi connectivity index (χ3n) is 3.92. The van der Waals surface area contributed by atoms with Gasteiger partial charge in [0, 0.05) is 17.8 Å². The number of aliphatic hydroxyl groups excluding tert-OH is 1. The summed E-state index contributed by atoms with van der Waals surface area (Å²) in [6, 6.07) is 1.06. The van der Waals surface area contributed by atoms with Crippen LogP contribution in [-0.4, -0.2) is 33.1 Å². The average Bonchev–Trinajstić information content (AvgIpc) is 2.86. The van der Waals surface area contributed by atoms with E-state index in [1.54, 1.807) is 0 Å². The van der Waals surface area contributed by atoms with Crippen LogP contribution in [0.3, 0.4) is 0 Å². The molecule has 3 rings (SSSR count). The third kappa shape index (κ3) is 2.41. The first-order valence-corrected chi connectivity index (χ1v) is 7.08. The molecule has 1 heterocycles. The predicted molar refractivity (Wildman–Crippen MR) is 68.8 cm³/mol. The Hall–Kier alpha value is -0.390. The standard InChI is InChI=1S/C12H18BrN3O/c13-9-6-14-16(7-9)11-3-4-12(5-11,8-17)15-10-1-2-10/h6-7,10-11,15,17H,1-5,8H2. The van der Waals surface area contributed by atoms with Crippen LogP contribution in [0.1, 0.15) is 38.1 Å². The molecular weight excluding hydrogens is 282 g/mol. The van der Waals surface area contributed by atoms with Crippen LogP contribution in [0.25, 0.3) is 0 Å². The SMILES string of the molecule is OCC1(NC2CC2)CCC(n2cc(Br)cn2)C1. The van der Waals surface area contributed by atoms with Crippen molar-refractivity contribution < 1.29 is 5.11 Å². The minimum Gasteiger partial charge on any atom is -0.394 e. The number of aliphatic hydroxyl groups is 1. The van der Waals surface area contributed by atoms with Gasteiger partial charge in [0.2, 0.25) is 0 Å². The second-order valence-electron chi connectivity index (χ2n) is 5.39. The van der Waals surface area contributed by atoms with Gasteiger partial charge in [-0.15, -0.1) is 0 Å². The van der Waals surface area contributed by atoms with Gasteiger partial charge in [-0.3, -0.25) is 4.68 Å². The molecular formula is C12H18BrN3O. The summed E-state index contributed by atoms with van der Waals surface area (Å²) in [5.74, 6) is 0. The summed E-state index contributed by atoms with van der Waals surface area (Å²) in [7, 11) is 0. The fourth-order valence-corrected chi connectivity index (χ4v) is 3.12. The highest BCUT2D eigenvalue weighted by molar-refractivity contribution is 9.10. The van der Waals surface area contributed by atoms with Crippen LogP contribution in [0.5, 0.6) is 0 Å². The predicted octanol–water partition coefficient (Wildman–Crippen LogP) is 1.85. The molecule has 2 atom stereocenters. The molecule has 5 heteroatoms. The maximum Gasteiger partial charge on any atom is 0.0632 e. The maximum absolute atomic E-state index is 9.66. The summed E-state index contributed by atoms with van der Waals surface area (Å²) in [6.45, 7) is 0.239. The van der Waals surface area contributed by atoms with Crippen molar-refractivity contribution in [3.05, 3.63) is 16.9 Å². The number of aromatic nitrogens is 2. The molecule has 17 heavy (non-hydrogen) atoms. The van der Waals surface area contributed by atoms with Gasteiger partial charge < -0.3 is 10.4 Å². The summed E-state index contributed by atoms with van der Waals surface area (Å²) < 4.78 is 3.05. The van der Waals surface area contributed by atoms with E-state index in [2.05, 4.69) is 26.3 Å². The van der Waals surface area contributed by atoms with E-state index in [1.807, 2.05) is 17.1 Å². The number of hydrogen-bond donors (Lipinski definition) is 2. The van der Waals surface area contributed by atoms with Crippen molar-refractivity contribution >= 4 is 15.9 Å². The van der Waals surface area contributed by atoms with E-state index in [0.717, 1.165) is 23.7 Å². The minimum atomic E-state index is -0.0652. The Kier molecular flexibility index (Phi) is 3.00. The molecule has 2 fully saturated rings. The van der Waals surface area contributed by atoms with Gasteiger partial charge in [0.25, 0.3) is 0 Å². The molecule has 0 spiro atoms. The molecule has 0 bridgehead atoms. The Labute approximate surface area is 110 Å². The molecule has 0 aliphatic heterocycles. The zero-order valence-electron chi connectivity index (χ0n) is 9.77. The molecule has 1 aromatic rings. The fraction of sp³-hybridized carbons (Fsp3) is 0.750. The number of nitrogens with one attached hydrogen (secondary N) is 1. The Morgan fingerprint density at radius 2 is 2.35 bits per heavy atom. The second kappa shape index (κ2) is 4.37. The van der Waals surface area contributed by atoms with Gasteiger partial charge in [-0.1, -0.05) is 0 Å². The van der Waals surface area contributed by atoms with Crippen molar-refractivity contribution in [1.82, 2.24) is 15.1 Å². The molecule has 2 unspecified atom stereocenters. The van der Waals surface area contributed by atoms with E-state index in [-0.39, 0.29) is 12.1 Å². The number of hydrogen-bond acceptors (Lipinski definition) is 3. The zero-order chi connectivity index (χ0) is 11.9. The van der Waals surface area contributed by atoms with Crippen LogP contribution in [0.15, 0.2) is 16.9 Å². The normalized spacial score (nSPS) is 33.2. The molecule has 2 saturated carbocycles. The highest BCUT2D eigenvalue weighted by Crippen LogP contribution is 2.39. The van der Waals surface area contributed by atoms with Gasteiger partial charge in [-0.05, 0) is 48.0 Å². The van der Waals surface area contributed by atoms with E-state index in [4.69, 9.17) is 0 Å². The topological polar surface area (TPSA) is 50.1 Å². The summed E-state index contributed by atoms with van der Waals surface area (Å²) in [4.78, 5) is 0. The Balaban J connectivity index is 1.70. The van der Waals surface area contributed by atoms with Gasteiger partial charge in [0.1, 0.15) is 0 Å². The number of halogens is 1. The first-order valence-electron chi connectivity index (χ1n) is 6.29. The van der Waals surface area contributed by atoms with E-state index in [1.165, 1.54) is 12.8 Å². The first-order chi connectivity index (χ1) is 8.21. The van der Waals surface area contributed by atoms with E-state index < -0.39 is 0 Å². The lowest BCUT2D eigenvalue weighted by atomic mass is 9.98. The smallest absolute Gasteiger partial charge is 0.0632 e. The molecule has 2 aliphatic rings. The van der Waals surface area contributed by atoms with Crippen molar-refractivity contribution in [2.45, 2.75) is 49.7 Å². The zero-order valence-corrected chi connectivity index (χ0v) is 11.4. The van der Waals surface area contributed by atoms with Crippen molar-refractivity contribution in [3.63, 3.8) is 0 Å². The lowest BCUT2D eigenvalue weighted by Crippen LogP contribution is -2.47. The molecule has 0 aromatic carbocycles. The molecule has 0 radical (unpaired) electrons. The van der Waals surface area contributed by atoms with Crippen molar-refractivity contribution in [2.24, 2.45) is 0 Å².